The van der Waals surface area contributed by atoms with Crippen molar-refractivity contribution in [1.82, 2.24) is 19.7 Å². The van der Waals surface area contributed by atoms with Gasteiger partial charge in [-0.05, 0) is 81.6 Å². The Labute approximate surface area is 262 Å². The van der Waals surface area contributed by atoms with Gasteiger partial charge in [-0.1, -0.05) is 26.8 Å². The highest BCUT2D eigenvalue weighted by atomic mass is 28.3. The van der Waals surface area contributed by atoms with E-state index in [1.165, 1.54) is 0 Å². The highest BCUT2D eigenvalue weighted by molar-refractivity contribution is 6.48. The monoisotopic (exact) mass is 620 g/mol. The van der Waals surface area contributed by atoms with Crippen molar-refractivity contribution in [3.63, 3.8) is 0 Å². The summed E-state index contributed by atoms with van der Waals surface area (Å²) in [7, 11) is -1.17. The summed E-state index contributed by atoms with van der Waals surface area (Å²) in [6.45, 7) is 21.7. The summed E-state index contributed by atoms with van der Waals surface area (Å²) in [6, 6.07) is 11.4. The highest BCUT2D eigenvalue weighted by Crippen LogP contribution is 2.38. The number of nitrogens with zero attached hydrogens (tertiary/aromatic N) is 3. The maximum Gasteiger partial charge on any atom is 0.419 e. The first kappa shape index (κ1) is 32.2. The van der Waals surface area contributed by atoms with Crippen molar-refractivity contribution >= 4 is 31.9 Å². The lowest BCUT2D eigenvalue weighted by molar-refractivity contribution is -0.0321. The lowest BCUT2D eigenvalue weighted by Gasteiger charge is -2.41. The quantitative estimate of drug-likeness (QED) is 0.317. The number of piperazine rings is 1. The summed E-state index contributed by atoms with van der Waals surface area (Å²) in [5.41, 5.74) is 3.46. The molecule has 9 nitrogen and oxygen atoms in total. The number of phenolic OH excluding ortho intramolecular Hbond substituents is 1. The van der Waals surface area contributed by atoms with Crippen molar-refractivity contribution in [2.75, 3.05) is 26.2 Å². The predicted molar refractivity (Wildman–Crippen MR) is 177 cm³/mol. The van der Waals surface area contributed by atoms with Gasteiger partial charge in [0.05, 0.1) is 23.0 Å². The summed E-state index contributed by atoms with van der Waals surface area (Å²) >= 11 is 0. The van der Waals surface area contributed by atoms with Gasteiger partial charge in [-0.2, -0.15) is 0 Å². The molecule has 3 aromatic rings. The molecule has 238 valence electrons. The molecule has 1 saturated heterocycles. The Bertz CT molecular complexity index is 1540. The van der Waals surface area contributed by atoms with Crippen LogP contribution in [0.4, 0.5) is 4.79 Å². The first-order valence-corrected chi connectivity index (χ1v) is 18.5. The van der Waals surface area contributed by atoms with Crippen LogP contribution in [-0.2, 0) is 22.3 Å². The Balaban J connectivity index is 1.42. The smallest absolute Gasteiger partial charge is 0.419 e. The molecule has 0 bridgehead atoms. The van der Waals surface area contributed by atoms with E-state index < -0.39 is 20.7 Å². The number of aromatic nitrogens is 1. The molecule has 1 atom stereocenters. The van der Waals surface area contributed by atoms with Crippen LogP contribution >= 0.6 is 0 Å². The number of fused-ring (bicyclic) bond motifs is 2. The van der Waals surface area contributed by atoms with E-state index in [0.29, 0.717) is 27.9 Å². The molecule has 2 N–H and O–H groups in total. The van der Waals surface area contributed by atoms with E-state index in [0.717, 1.165) is 50.1 Å². The van der Waals surface area contributed by atoms with Gasteiger partial charge in [0.15, 0.2) is 9.04 Å². The van der Waals surface area contributed by atoms with Crippen LogP contribution in [0, 0.1) is 5.41 Å². The molecular weight excluding hydrogens is 572 g/mol. The minimum Gasteiger partial charge on any atom is -0.508 e. The molecule has 5 rings (SSSR count). The Morgan fingerprint density at radius 2 is 1.73 bits per heavy atom. The second kappa shape index (κ2) is 12.3. The predicted octanol–water partition coefficient (Wildman–Crippen LogP) is 5.92. The summed E-state index contributed by atoms with van der Waals surface area (Å²) in [5, 5.41) is 14.1. The Morgan fingerprint density at radius 1 is 1.02 bits per heavy atom. The molecule has 2 aliphatic rings. The van der Waals surface area contributed by atoms with Gasteiger partial charge in [0.25, 0.3) is 5.91 Å². The molecule has 0 aliphatic carbocycles. The average molecular weight is 621 g/mol. The number of rotatable bonds is 7. The zero-order valence-corrected chi connectivity index (χ0v) is 28.6. The van der Waals surface area contributed by atoms with Crippen LogP contribution in [0.25, 0.3) is 22.2 Å². The minimum absolute atomic E-state index is 0.0620. The molecule has 0 saturated carbocycles. The van der Waals surface area contributed by atoms with E-state index in [4.69, 9.17) is 9.16 Å². The first-order chi connectivity index (χ1) is 20.6. The molecule has 2 aliphatic heterocycles. The van der Waals surface area contributed by atoms with Crippen molar-refractivity contribution in [3.05, 3.63) is 53.1 Å². The third kappa shape index (κ3) is 7.20. The van der Waals surface area contributed by atoms with E-state index >= 15 is 0 Å². The van der Waals surface area contributed by atoms with Gasteiger partial charge in [0, 0.05) is 55.8 Å². The molecule has 1 unspecified atom stereocenters. The standard InChI is InChI=1S/C34H48N4O5Si/c1-33(2,3)19-29(43-44(7)8)37-15-13-36(14-16-37)21-22-9-11-26-23(17-22)18-27(38(26)32(41)42-34(4,5)6)24-10-12-28(39)25-20-35-31(40)30(24)25/h9-12,17-18,29,39,44H,13-16,19-21H2,1-8H3,(H,35,40). The van der Waals surface area contributed by atoms with E-state index in [-0.39, 0.29) is 29.8 Å². The molecule has 1 amide bonds. The fraction of sp³-hybridized carbons (Fsp3) is 0.529. The molecular formula is C34H48N4O5Si. The van der Waals surface area contributed by atoms with Crippen molar-refractivity contribution in [2.45, 2.75) is 86.0 Å². The Kier molecular flexibility index (Phi) is 9.01. The van der Waals surface area contributed by atoms with Gasteiger partial charge in [-0.15, -0.1) is 0 Å². The molecule has 3 heterocycles. The van der Waals surface area contributed by atoms with Gasteiger partial charge in [-0.25, -0.2) is 9.36 Å². The van der Waals surface area contributed by atoms with Crippen LogP contribution in [0.3, 0.4) is 0 Å². The minimum atomic E-state index is -1.17. The number of carbonyl (C=O) groups is 2. The number of amides is 1. The Hall–Kier alpha value is -3.18. The molecule has 44 heavy (non-hydrogen) atoms. The second-order valence-corrected chi connectivity index (χ2v) is 17.0. The van der Waals surface area contributed by atoms with Crippen LogP contribution in [0.5, 0.6) is 5.75 Å². The van der Waals surface area contributed by atoms with E-state index in [2.05, 4.69) is 61.1 Å². The van der Waals surface area contributed by atoms with Crippen LogP contribution < -0.4 is 5.32 Å². The SMILES string of the molecule is C[SiH](C)OC(CC(C)(C)C)N1CCN(Cc2ccc3c(c2)cc(-c2ccc(O)c4c2C(=O)NC4)n3C(=O)OC(C)(C)C)CC1. The number of hydrogen-bond donors (Lipinski definition) is 2. The average Bonchev–Trinajstić information content (AvgIpc) is 3.48. The summed E-state index contributed by atoms with van der Waals surface area (Å²) in [5.74, 6) is -0.204. The Morgan fingerprint density at radius 3 is 2.36 bits per heavy atom. The fourth-order valence-corrected chi connectivity index (χ4v) is 7.08. The highest BCUT2D eigenvalue weighted by Gasteiger charge is 2.31. The molecule has 0 radical (unpaired) electrons. The summed E-state index contributed by atoms with van der Waals surface area (Å²) in [6.07, 6.45) is 0.690. The number of nitrogens with one attached hydrogen (secondary N) is 1. The third-order valence-electron chi connectivity index (χ3n) is 8.10. The molecule has 1 aromatic heterocycles. The fourth-order valence-electron chi connectivity index (χ4n) is 6.18. The van der Waals surface area contributed by atoms with Crippen LogP contribution in [0.1, 0.15) is 69.4 Å². The molecule has 10 heteroatoms. The first-order valence-electron chi connectivity index (χ1n) is 15.7. The summed E-state index contributed by atoms with van der Waals surface area (Å²) in [4.78, 5) is 31.4. The second-order valence-electron chi connectivity index (χ2n) is 14.6. The lowest BCUT2D eigenvalue weighted by Crippen LogP contribution is -2.52. The number of benzene rings is 2. The number of ether oxygens (including phenoxy) is 1. The summed E-state index contributed by atoms with van der Waals surface area (Å²) < 4.78 is 13.8. The number of carbonyl (C=O) groups excluding carboxylic acids is 2. The zero-order chi connectivity index (χ0) is 32.0. The maximum absolute atomic E-state index is 13.6. The van der Waals surface area contributed by atoms with Gasteiger partial charge in [0.1, 0.15) is 11.4 Å². The maximum atomic E-state index is 13.6. The van der Waals surface area contributed by atoms with Gasteiger partial charge in [0.2, 0.25) is 0 Å². The van der Waals surface area contributed by atoms with Gasteiger partial charge in [-0.3, -0.25) is 14.6 Å². The van der Waals surface area contributed by atoms with Crippen molar-refractivity contribution in [1.29, 1.82) is 0 Å². The molecule has 0 spiro atoms. The normalized spacial score (nSPS) is 17.2. The van der Waals surface area contributed by atoms with Gasteiger partial charge < -0.3 is 19.6 Å². The number of phenols is 1. The van der Waals surface area contributed by atoms with Crippen LogP contribution in [-0.4, -0.2) is 78.5 Å². The van der Waals surface area contributed by atoms with Crippen LogP contribution in [0.2, 0.25) is 13.1 Å². The topological polar surface area (TPSA) is 96.3 Å². The zero-order valence-electron chi connectivity index (χ0n) is 27.5. The van der Waals surface area contributed by atoms with E-state index in [1.54, 1.807) is 16.7 Å². The largest absolute Gasteiger partial charge is 0.508 e. The van der Waals surface area contributed by atoms with Crippen molar-refractivity contribution in [2.24, 2.45) is 5.41 Å². The number of aromatic hydroxyl groups is 1. The van der Waals surface area contributed by atoms with Crippen molar-refractivity contribution in [3.8, 4) is 17.0 Å². The number of hydrogen-bond acceptors (Lipinski definition) is 7. The third-order valence-corrected chi connectivity index (χ3v) is 8.95. The van der Waals surface area contributed by atoms with Crippen molar-refractivity contribution < 1.29 is 23.9 Å². The molecule has 2 aromatic carbocycles. The van der Waals surface area contributed by atoms with E-state index in [1.807, 2.05) is 32.9 Å². The lowest BCUT2D eigenvalue weighted by atomic mass is 9.91. The van der Waals surface area contributed by atoms with E-state index in [9.17, 15) is 14.7 Å². The van der Waals surface area contributed by atoms with Crippen LogP contribution in [0.15, 0.2) is 36.4 Å². The van der Waals surface area contributed by atoms with Gasteiger partial charge >= 0.3 is 6.09 Å². The molecule has 1 fully saturated rings.